The van der Waals surface area contributed by atoms with Gasteiger partial charge < -0.3 is 20.6 Å². The molecule has 2 rings (SSSR count). The summed E-state index contributed by atoms with van der Waals surface area (Å²) in [5.74, 6) is 0.459. The highest BCUT2D eigenvalue weighted by atomic mass is 19.4. The van der Waals surface area contributed by atoms with E-state index in [9.17, 15) is 32.9 Å². The number of anilines is 2. The van der Waals surface area contributed by atoms with E-state index < -0.39 is 22.4 Å². The van der Waals surface area contributed by atoms with Crippen molar-refractivity contribution in [2.24, 2.45) is 5.92 Å². The number of nitrogens with zero attached hydrogens (tertiary/aromatic N) is 1. The molecule has 0 aliphatic rings. The number of hydrogen-bond acceptors (Lipinski definition) is 6. The lowest BCUT2D eigenvalue weighted by molar-refractivity contribution is -0.388. The molecular weight excluding hydrogens is 407 g/mol. The number of carbonyl (C=O) groups excluding carboxylic acids is 2. The zero-order valence-corrected chi connectivity index (χ0v) is 16.1. The summed E-state index contributed by atoms with van der Waals surface area (Å²) in [7, 11) is 0. The third-order valence-corrected chi connectivity index (χ3v) is 3.44. The van der Waals surface area contributed by atoms with E-state index in [1.54, 1.807) is 31.2 Å². The van der Waals surface area contributed by atoms with Crippen molar-refractivity contribution >= 4 is 29.3 Å². The van der Waals surface area contributed by atoms with Crippen molar-refractivity contribution in [2.75, 3.05) is 17.7 Å². The van der Waals surface area contributed by atoms with Crippen LogP contribution in [0.3, 0.4) is 0 Å². The summed E-state index contributed by atoms with van der Waals surface area (Å²) in [6.45, 7) is 3.61. The minimum Gasteiger partial charge on any atom is -0.493 e. The second-order valence-corrected chi connectivity index (χ2v) is 6.16. The average molecular weight is 427 g/mol. The van der Waals surface area contributed by atoms with Gasteiger partial charge >= 0.3 is 6.18 Å². The van der Waals surface area contributed by atoms with Crippen molar-refractivity contribution in [3.05, 3.63) is 58.1 Å². The second kappa shape index (κ2) is 10.8. The summed E-state index contributed by atoms with van der Waals surface area (Å²) in [5.41, 5.74) is 3.34. The van der Waals surface area contributed by atoms with Crippen LogP contribution in [0, 0.1) is 16.0 Å². The van der Waals surface area contributed by atoms with Crippen LogP contribution in [0.1, 0.15) is 19.4 Å². The Morgan fingerprint density at radius 1 is 1.27 bits per heavy atom. The van der Waals surface area contributed by atoms with E-state index in [1.807, 2.05) is 0 Å². The smallest absolute Gasteiger partial charge is 0.423 e. The normalized spacial score (nSPS) is 11.5. The third-order valence-electron chi connectivity index (χ3n) is 3.44. The summed E-state index contributed by atoms with van der Waals surface area (Å²) in [6.07, 6.45) is -3.91. The number of amides is 1. The Morgan fingerprint density at radius 3 is 2.33 bits per heavy atom. The summed E-state index contributed by atoms with van der Waals surface area (Å²) in [6, 6.07) is 9.33. The monoisotopic (exact) mass is 427 g/mol. The Kier molecular flexibility index (Phi) is 8.78. The molecule has 0 aliphatic heterocycles. The maximum absolute atomic E-state index is 12.2. The van der Waals surface area contributed by atoms with E-state index in [4.69, 9.17) is 10.5 Å². The van der Waals surface area contributed by atoms with E-state index in [0.717, 1.165) is 24.1 Å². The van der Waals surface area contributed by atoms with Crippen LogP contribution < -0.4 is 15.8 Å². The molecule has 11 heteroatoms. The molecule has 3 N–H and O–H groups in total. The van der Waals surface area contributed by atoms with E-state index in [-0.39, 0.29) is 17.5 Å². The zero-order chi connectivity index (χ0) is 22.9. The van der Waals surface area contributed by atoms with E-state index >= 15 is 0 Å². The molecule has 0 aromatic heterocycles. The second-order valence-electron chi connectivity index (χ2n) is 6.16. The van der Waals surface area contributed by atoms with Crippen LogP contribution in [0.15, 0.2) is 42.5 Å². The first-order valence-corrected chi connectivity index (χ1v) is 8.51. The Hall–Kier alpha value is -3.63. The van der Waals surface area contributed by atoms with Crippen LogP contribution in [-0.4, -0.2) is 23.7 Å². The molecule has 2 aromatic rings. The van der Waals surface area contributed by atoms with Crippen molar-refractivity contribution in [3.8, 4) is 5.75 Å². The molecule has 2 aromatic carbocycles. The maximum Gasteiger partial charge on any atom is 0.423 e. The highest BCUT2D eigenvalue weighted by molar-refractivity contribution is 5.88. The average Bonchev–Trinajstić information content (AvgIpc) is 2.66. The van der Waals surface area contributed by atoms with Crippen LogP contribution >= 0.6 is 0 Å². The number of hydrogen-bond donors (Lipinski definition) is 2. The summed E-state index contributed by atoms with van der Waals surface area (Å²) in [5, 5.41) is 12.9. The lowest BCUT2D eigenvalue weighted by Gasteiger charge is -2.08. The largest absolute Gasteiger partial charge is 0.493 e. The lowest BCUT2D eigenvalue weighted by Crippen LogP contribution is -2.09. The molecule has 0 saturated heterocycles. The summed E-state index contributed by atoms with van der Waals surface area (Å²) < 4.78 is 42.1. The topological polar surface area (TPSA) is 125 Å². The molecule has 1 atom stereocenters. The Labute approximate surface area is 170 Å². The van der Waals surface area contributed by atoms with Gasteiger partial charge in [-0.05, 0) is 36.4 Å². The number of nitrogen functional groups attached to an aromatic ring is 1. The standard InChI is InChI=1S/C12H15NO3.C7H5F3N2O2/c1-9(7-14)8-16-12-5-3-11(4-6-12)13-10(2)15;8-7(9,10)5-3-4(11)1-2-6(5)12(13)14/h3-7,9H,8H2,1-2H3,(H,13,15);1-3H,11H2. The fourth-order valence-electron chi connectivity index (χ4n) is 2.04. The molecule has 0 aliphatic carbocycles. The number of halogens is 3. The molecule has 0 spiro atoms. The molecule has 0 saturated carbocycles. The number of nitro benzene ring substituents is 1. The predicted octanol–water partition coefficient (Wildman–Crippen LogP) is 4.05. The number of benzene rings is 2. The van der Waals surface area contributed by atoms with Crippen molar-refractivity contribution in [1.29, 1.82) is 0 Å². The highest BCUT2D eigenvalue weighted by Crippen LogP contribution is 2.36. The molecular formula is C19H20F3N3O5. The molecule has 1 amide bonds. The van der Waals surface area contributed by atoms with Crippen molar-refractivity contribution in [1.82, 2.24) is 0 Å². The number of nitrogens with one attached hydrogen (secondary N) is 1. The molecule has 1 unspecified atom stereocenters. The predicted molar refractivity (Wildman–Crippen MR) is 104 cm³/mol. The van der Waals surface area contributed by atoms with E-state index in [1.165, 1.54) is 6.92 Å². The van der Waals surface area contributed by atoms with Gasteiger partial charge in [-0.3, -0.25) is 14.9 Å². The van der Waals surface area contributed by atoms with Crippen molar-refractivity contribution in [3.63, 3.8) is 0 Å². The number of alkyl halides is 3. The molecule has 0 bridgehead atoms. The minimum absolute atomic E-state index is 0.108. The first-order valence-electron chi connectivity index (χ1n) is 8.51. The first kappa shape index (κ1) is 24.4. The Balaban J connectivity index is 0.000000303. The van der Waals surface area contributed by atoms with Gasteiger partial charge in [0.2, 0.25) is 5.91 Å². The van der Waals surface area contributed by atoms with Gasteiger partial charge in [-0.15, -0.1) is 0 Å². The van der Waals surface area contributed by atoms with E-state index in [0.29, 0.717) is 18.4 Å². The first-order chi connectivity index (χ1) is 13.9. The quantitative estimate of drug-likeness (QED) is 0.310. The number of nitrogens with two attached hydrogens (primary N) is 1. The van der Waals surface area contributed by atoms with Gasteiger partial charge in [-0.1, -0.05) is 6.92 Å². The maximum atomic E-state index is 12.2. The van der Waals surface area contributed by atoms with Crippen LogP contribution in [-0.2, 0) is 15.8 Å². The SMILES string of the molecule is CC(=O)Nc1ccc(OCC(C)C=O)cc1.Nc1ccc([N+](=O)[O-])c(C(F)(F)F)c1. The van der Waals surface area contributed by atoms with E-state index in [2.05, 4.69) is 5.32 Å². The van der Waals surface area contributed by atoms with Gasteiger partial charge in [0, 0.05) is 30.3 Å². The van der Waals surface area contributed by atoms with Crippen LogP contribution in [0.25, 0.3) is 0 Å². The Bertz CT molecular complexity index is 886. The molecule has 30 heavy (non-hydrogen) atoms. The Morgan fingerprint density at radius 2 is 1.87 bits per heavy atom. The van der Waals surface area contributed by atoms with Crippen LogP contribution in [0.2, 0.25) is 0 Å². The fourth-order valence-corrected chi connectivity index (χ4v) is 2.04. The van der Waals surface area contributed by atoms with Gasteiger partial charge in [-0.25, -0.2) is 0 Å². The van der Waals surface area contributed by atoms with Crippen LogP contribution in [0.4, 0.5) is 30.2 Å². The molecule has 0 fully saturated rings. The lowest BCUT2D eigenvalue weighted by atomic mass is 10.1. The van der Waals surface area contributed by atoms with Crippen molar-refractivity contribution in [2.45, 2.75) is 20.0 Å². The van der Waals surface area contributed by atoms with Gasteiger partial charge in [0.1, 0.15) is 17.6 Å². The summed E-state index contributed by atoms with van der Waals surface area (Å²) >= 11 is 0. The van der Waals surface area contributed by atoms with Gasteiger partial charge in [0.05, 0.1) is 11.5 Å². The van der Waals surface area contributed by atoms with Gasteiger partial charge in [0.25, 0.3) is 5.69 Å². The van der Waals surface area contributed by atoms with Gasteiger partial charge in [0.15, 0.2) is 0 Å². The number of rotatable bonds is 6. The zero-order valence-electron chi connectivity index (χ0n) is 16.1. The summed E-state index contributed by atoms with van der Waals surface area (Å²) in [4.78, 5) is 30.3. The fraction of sp³-hybridized carbons (Fsp3) is 0.263. The van der Waals surface area contributed by atoms with Crippen LogP contribution in [0.5, 0.6) is 5.75 Å². The third kappa shape index (κ3) is 8.17. The highest BCUT2D eigenvalue weighted by Gasteiger charge is 2.38. The minimum atomic E-state index is -4.77. The number of aldehydes is 1. The number of ether oxygens (including phenoxy) is 1. The molecule has 0 radical (unpaired) electrons. The number of nitro groups is 1. The van der Waals surface area contributed by atoms with Crippen molar-refractivity contribution < 1.29 is 32.4 Å². The molecule has 8 nitrogen and oxygen atoms in total. The molecule has 162 valence electrons. The van der Waals surface area contributed by atoms with Gasteiger partial charge in [-0.2, -0.15) is 13.2 Å². The molecule has 0 heterocycles. The number of carbonyl (C=O) groups is 2.